The molecule has 4 nitrogen and oxygen atoms in total. The molecule has 11 rings (SSSR count). The first-order valence-electron chi connectivity index (χ1n) is 18.7. The molecule has 3 aromatic heterocycles. The van der Waals surface area contributed by atoms with Crippen LogP contribution < -0.4 is 0 Å². The number of para-hydroxylation sites is 1. The van der Waals surface area contributed by atoms with Gasteiger partial charge in [-0.25, -0.2) is 15.0 Å². The summed E-state index contributed by atoms with van der Waals surface area (Å²) in [6.07, 6.45) is 0. The van der Waals surface area contributed by atoms with E-state index >= 15 is 0 Å². The fourth-order valence-electron chi connectivity index (χ4n) is 7.91. The fourth-order valence-corrected chi connectivity index (χ4v) is 9.17. The normalized spacial score (nSPS) is 11.6. The summed E-state index contributed by atoms with van der Waals surface area (Å²) in [6, 6.07) is 65.6. The molecule has 0 bridgehead atoms. The van der Waals surface area contributed by atoms with Crippen LogP contribution in [0.25, 0.3) is 110 Å². The van der Waals surface area contributed by atoms with E-state index in [1.807, 2.05) is 59.9 Å². The van der Waals surface area contributed by atoms with Crippen LogP contribution in [0.4, 0.5) is 0 Å². The molecule has 5 heteroatoms. The van der Waals surface area contributed by atoms with Crippen LogP contribution in [0.5, 0.6) is 0 Å². The Morgan fingerprint density at radius 2 is 0.875 bits per heavy atom. The SMILES string of the molecule is c1ccc(-c2ccc(-c3nc(-c4ccccc4)nc(-c4cc(-c5cccc6sc7c(-c8ccccc8)cccc7c56)c5c(c4)oc4ccccc45)n3)cc2)cc1. The van der Waals surface area contributed by atoms with Gasteiger partial charge >= 0.3 is 0 Å². The van der Waals surface area contributed by atoms with E-state index in [1.54, 1.807) is 0 Å². The van der Waals surface area contributed by atoms with Crippen molar-refractivity contribution in [2.24, 2.45) is 0 Å². The first-order valence-corrected chi connectivity index (χ1v) is 19.5. The molecule has 262 valence electrons. The lowest BCUT2D eigenvalue weighted by molar-refractivity contribution is 0.669. The second kappa shape index (κ2) is 13.3. The number of hydrogen-bond acceptors (Lipinski definition) is 5. The van der Waals surface area contributed by atoms with Gasteiger partial charge in [-0.05, 0) is 57.6 Å². The summed E-state index contributed by atoms with van der Waals surface area (Å²) in [5.41, 5.74) is 11.3. The fraction of sp³-hybridized carbons (Fsp3) is 0. The highest BCUT2D eigenvalue weighted by Gasteiger charge is 2.21. The quantitative estimate of drug-likeness (QED) is 0.171. The summed E-state index contributed by atoms with van der Waals surface area (Å²) < 4.78 is 9.16. The van der Waals surface area contributed by atoms with Crippen molar-refractivity contribution in [1.82, 2.24) is 15.0 Å². The third-order valence-electron chi connectivity index (χ3n) is 10.6. The highest BCUT2D eigenvalue weighted by molar-refractivity contribution is 7.26. The molecule has 0 saturated heterocycles. The van der Waals surface area contributed by atoms with Crippen molar-refractivity contribution in [3.05, 3.63) is 188 Å². The molecule has 0 atom stereocenters. The predicted octanol–water partition coefficient (Wildman–Crippen LogP) is 14.1. The molecule has 0 unspecified atom stereocenters. The molecule has 0 aliphatic rings. The lowest BCUT2D eigenvalue weighted by Crippen LogP contribution is -2.00. The minimum Gasteiger partial charge on any atom is -0.456 e. The molecule has 0 N–H and O–H groups in total. The summed E-state index contributed by atoms with van der Waals surface area (Å²) in [5.74, 6) is 1.81. The molecular weight excluding hydrogens is 703 g/mol. The molecule has 0 amide bonds. The van der Waals surface area contributed by atoms with E-state index < -0.39 is 0 Å². The summed E-state index contributed by atoms with van der Waals surface area (Å²) in [4.78, 5) is 15.4. The molecule has 0 radical (unpaired) electrons. The van der Waals surface area contributed by atoms with Crippen LogP contribution in [0.2, 0.25) is 0 Å². The van der Waals surface area contributed by atoms with Gasteiger partial charge in [0.1, 0.15) is 11.2 Å². The van der Waals surface area contributed by atoms with Crippen LogP contribution in [0.15, 0.2) is 192 Å². The van der Waals surface area contributed by atoms with Crippen LogP contribution in [0.1, 0.15) is 0 Å². The molecule has 0 fully saturated rings. The van der Waals surface area contributed by atoms with E-state index in [0.29, 0.717) is 17.5 Å². The van der Waals surface area contributed by atoms with Crippen LogP contribution in [-0.4, -0.2) is 15.0 Å². The van der Waals surface area contributed by atoms with Crippen molar-refractivity contribution in [3.63, 3.8) is 0 Å². The molecule has 8 aromatic carbocycles. The number of nitrogens with zero attached hydrogens (tertiary/aromatic N) is 3. The Hall–Kier alpha value is -7.21. The predicted molar refractivity (Wildman–Crippen MR) is 233 cm³/mol. The zero-order chi connectivity index (χ0) is 37.0. The molecule has 56 heavy (non-hydrogen) atoms. The number of furan rings is 1. The number of rotatable bonds is 6. The maximum absolute atomic E-state index is 6.65. The van der Waals surface area contributed by atoms with E-state index in [9.17, 15) is 0 Å². The number of fused-ring (bicyclic) bond motifs is 6. The number of aromatic nitrogens is 3. The maximum atomic E-state index is 6.65. The topological polar surface area (TPSA) is 51.8 Å². The van der Waals surface area contributed by atoms with Gasteiger partial charge in [0.05, 0.1) is 0 Å². The van der Waals surface area contributed by atoms with Crippen molar-refractivity contribution in [1.29, 1.82) is 0 Å². The first-order chi connectivity index (χ1) is 27.7. The summed E-state index contributed by atoms with van der Waals surface area (Å²) in [5, 5.41) is 4.62. The number of thiophene rings is 1. The maximum Gasteiger partial charge on any atom is 0.164 e. The Balaban J connectivity index is 1.15. The van der Waals surface area contributed by atoms with Gasteiger partial charge in [-0.2, -0.15) is 0 Å². The van der Waals surface area contributed by atoms with E-state index in [1.165, 1.54) is 31.3 Å². The van der Waals surface area contributed by atoms with E-state index in [0.717, 1.165) is 60.9 Å². The molecule has 3 heterocycles. The lowest BCUT2D eigenvalue weighted by Gasteiger charge is -2.12. The Kier molecular flexibility index (Phi) is 7.64. The van der Waals surface area contributed by atoms with Gasteiger partial charge in [-0.3, -0.25) is 0 Å². The molecule has 0 saturated carbocycles. The van der Waals surface area contributed by atoms with E-state index in [4.69, 9.17) is 19.4 Å². The zero-order valence-electron chi connectivity index (χ0n) is 30.1. The van der Waals surface area contributed by atoms with E-state index in [2.05, 4.69) is 140 Å². The first kappa shape index (κ1) is 32.2. The van der Waals surface area contributed by atoms with Gasteiger partial charge in [0.2, 0.25) is 0 Å². The third-order valence-corrected chi connectivity index (χ3v) is 11.8. The van der Waals surface area contributed by atoms with Crippen LogP contribution in [0.3, 0.4) is 0 Å². The minimum absolute atomic E-state index is 0.582. The minimum atomic E-state index is 0.582. The van der Waals surface area contributed by atoms with Gasteiger partial charge < -0.3 is 4.42 Å². The van der Waals surface area contributed by atoms with Crippen molar-refractivity contribution in [2.75, 3.05) is 0 Å². The van der Waals surface area contributed by atoms with Gasteiger partial charge in [0.15, 0.2) is 17.5 Å². The van der Waals surface area contributed by atoms with Crippen LogP contribution >= 0.6 is 11.3 Å². The highest BCUT2D eigenvalue weighted by atomic mass is 32.1. The highest BCUT2D eigenvalue weighted by Crippen LogP contribution is 2.47. The second-order valence-electron chi connectivity index (χ2n) is 13.9. The van der Waals surface area contributed by atoms with Crippen molar-refractivity contribution >= 4 is 53.4 Å². The van der Waals surface area contributed by atoms with Gasteiger partial charge in [0, 0.05) is 47.6 Å². The van der Waals surface area contributed by atoms with Crippen molar-refractivity contribution in [2.45, 2.75) is 0 Å². The third kappa shape index (κ3) is 5.48. The Bertz CT molecular complexity index is 3230. The number of benzene rings is 8. The summed E-state index contributed by atoms with van der Waals surface area (Å²) >= 11 is 1.85. The van der Waals surface area contributed by atoms with Crippen molar-refractivity contribution in [3.8, 4) is 67.5 Å². The summed E-state index contributed by atoms with van der Waals surface area (Å²) in [6.45, 7) is 0. The average Bonchev–Trinajstić information content (AvgIpc) is 3.86. The number of hydrogen-bond donors (Lipinski definition) is 0. The Morgan fingerprint density at radius 1 is 0.339 bits per heavy atom. The van der Waals surface area contributed by atoms with Crippen LogP contribution in [0, 0.1) is 0 Å². The van der Waals surface area contributed by atoms with Gasteiger partial charge in [-0.1, -0.05) is 164 Å². The standard InChI is InChI=1S/C51H31N3OS/c1-4-14-32(15-5-1)33-26-28-36(29-27-33)50-52-49(35-18-8-3-9-19-35)53-51(54-50)37-30-42(46-40-20-10-11-24-43(40)55-44(46)31-37)39-22-13-25-45-47(39)41-23-12-21-38(48(41)56-45)34-16-6-2-7-17-34/h1-31H. The molecule has 11 aromatic rings. The van der Waals surface area contributed by atoms with Gasteiger partial charge in [0.25, 0.3) is 0 Å². The van der Waals surface area contributed by atoms with Crippen LogP contribution in [-0.2, 0) is 0 Å². The van der Waals surface area contributed by atoms with Gasteiger partial charge in [-0.15, -0.1) is 11.3 Å². The molecular formula is C51H31N3OS. The summed E-state index contributed by atoms with van der Waals surface area (Å²) in [7, 11) is 0. The van der Waals surface area contributed by atoms with E-state index in [-0.39, 0.29) is 0 Å². The Morgan fingerprint density at radius 3 is 1.61 bits per heavy atom. The molecule has 0 aliphatic carbocycles. The monoisotopic (exact) mass is 733 g/mol. The molecule has 0 aliphatic heterocycles. The van der Waals surface area contributed by atoms with Crippen molar-refractivity contribution < 1.29 is 4.42 Å². The average molecular weight is 734 g/mol. The lowest BCUT2D eigenvalue weighted by atomic mass is 9.93. The Labute approximate surface area is 327 Å². The largest absolute Gasteiger partial charge is 0.456 e. The second-order valence-corrected chi connectivity index (χ2v) is 15.0. The molecule has 0 spiro atoms. The smallest absolute Gasteiger partial charge is 0.164 e. The zero-order valence-corrected chi connectivity index (χ0v) is 30.9.